The number of allylic oxidation sites excluding steroid dienone is 1. The molecule has 1 aromatic rings. The van der Waals surface area contributed by atoms with Crippen molar-refractivity contribution in [3.05, 3.63) is 36.0 Å². The number of para-hydroxylation sites is 1. The van der Waals surface area contributed by atoms with Gasteiger partial charge in [-0.3, -0.25) is 10.0 Å². The van der Waals surface area contributed by atoms with Crippen molar-refractivity contribution in [2.45, 2.75) is 51.0 Å². The number of ether oxygens (including phenoxy) is 1. The molecule has 2 N–H and O–H groups in total. The summed E-state index contributed by atoms with van der Waals surface area (Å²) in [5.74, 6) is 0.675. The Morgan fingerprint density at radius 3 is 2.62 bits per heavy atom. The van der Waals surface area contributed by atoms with Crippen LogP contribution in [-0.2, 0) is 9.62 Å². The fourth-order valence-electron chi connectivity index (χ4n) is 2.65. The van der Waals surface area contributed by atoms with Crippen LogP contribution in [0.2, 0.25) is 0 Å². The van der Waals surface area contributed by atoms with Crippen molar-refractivity contribution >= 4 is 18.0 Å². The van der Waals surface area contributed by atoms with Crippen LogP contribution in [0.4, 0.5) is 4.79 Å². The quantitative estimate of drug-likeness (QED) is 0.395. The van der Waals surface area contributed by atoms with E-state index in [0.717, 1.165) is 30.0 Å². The lowest BCUT2D eigenvalue weighted by Crippen LogP contribution is -2.42. The largest absolute Gasteiger partial charge is 0.444 e. The molecule has 6 nitrogen and oxygen atoms in total. The molecular formula is C19H28N2O4S. The molecule has 7 heteroatoms. The zero-order valence-corrected chi connectivity index (χ0v) is 16.9. The first kappa shape index (κ1) is 20.6. The Morgan fingerprint density at radius 1 is 1.31 bits per heavy atom. The first-order chi connectivity index (χ1) is 12.3. The number of rotatable bonds is 8. The molecule has 0 fully saturated rings. The molecule has 0 aromatic heterocycles. The standard InChI is InChI=1S/C19H28N2O4S/c1-6-19(11-14(12-19)21-17(22)24-18(2,3)4)13-20-26-16-10-8-7-9-15(16)25-23-5/h7-11,20H,6,12-13H2,1-5H3,(H,21,22). The first-order valence-electron chi connectivity index (χ1n) is 8.68. The minimum Gasteiger partial charge on any atom is -0.444 e. The summed E-state index contributed by atoms with van der Waals surface area (Å²) in [6, 6.07) is 7.68. The van der Waals surface area contributed by atoms with Gasteiger partial charge in [0, 0.05) is 17.7 Å². The van der Waals surface area contributed by atoms with Crippen LogP contribution in [-0.4, -0.2) is 25.3 Å². The normalized spacial score (nSPS) is 19.3. The van der Waals surface area contributed by atoms with E-state index in [9.17, 15) is 4.79 Å². The predicted molar refractivity (Wildman–Crippen MR) is 103 cm³/mol. The van der Waals surface area contributed by atoms with Gasteiger partial charge in [-0.05, 0) is 57.7 Å². The Morgan fingerprint density at radius 2 is 2.00 bits per heavy atom. The molecule has 1 unspecified atom stereocenters. The Hall–Kier alpha value is -1.70. The average molecular weight is 381 g/mol. The van der Waals surface area contributed by atoms with Gasteiger partial charge in [-0.25, -0.2) is 4.79 Å². The van der Waals surface area contributed by atoms with Gasteiger partial charge in [-0.1, -0.05) is 25.1 Å². The van der Waals surface area contributed by atoms with E-state index in [1.165, 1.54) is 19.1 Å². The average Bonchev–Trinajstić information content (AvgIpc) is 2.52. The Labute approximate surface area is 159 Å². The molecule has 0 bridgehead atoms. The number of hydrogen-bond acceptors (Lipinski definition) is 6. The molecule has 0 spiro atoms. The van der Waals surface area contributed by atoms with Crippen molar-refractivity contribution < 1.29 is 19.3 Å². The van der Waals surface area contributed by atoms with Crippen molar-refractivity contribution in [3.8, 4) is 5.75 Å². The number of amides is 1. The van der Waals surface area contributed by atoms with Gasteiger partial charge in [0.25, 0.3) is 0 Å². The summed E-state index contributed by atoms with van der Waals surface area (Å²) in [7, 11) is 1.49. The Bertz CT molecular complexity index is 657. The van der Waals surface area contributed by atoms with E-state index in [1.54, 1.807) is 0 Å². The third-order valence-corrected chi connectivity index (χ3v) is 4.86. The molecule has 26 heavy (non-hydrogen) atoms. The molecule has 2 rings (SSSR count). The molecule has 1 amide bonds. The SMILES string of the molecule is CCC1(CNSc2ccccc2OOC)C=C(NC(=O)OC(C)(C)C)C1. The Kier molecular flexibility index (Phi) is 6.97. The fourth-order valence-corrected chi connectivity index (χ4v) is 3.52. The second-order valence-corrected chi connectivity index (χ2v) is 8.24. The van der Waals surface area contributed by atoms with Crippen molar-refractivity contribution in [1.29, 1.82) is 0 Å². The van der Waals surface area contributed by atoms with E-state index in [4.69, 9.17) is 14.5 Å². The van der Waals surface area contributed by atoms with Crippen molar-refractivity contribution in [2.75, 3.05) is 13.7 Å². The second-order valence-electron chi connectivity index (χ2n) is 7.31. The van der Waals surface area contributed by atoms with Crippen LogP contribution in [0.5, 0.6) is 5.75 Å². The van der Waals surface area contributed by atoms with E-state index in [0.29, 0.717) is 5.75 Å². The van der Waals surface area contributed by atoms with E-state index >= 15 is 0 Å². The molecule has 1 atom stereocenters. The van der Waals surface area contributed by atoms with Crippen LogP contribution in [0.15, 0.2) is 40.9 Å². The maximum absolute atomic E-state index is 11.8. The third kappa shape index (κ3) is 5.93. The van der Waals surface area contributed by atoms with E-state index in [1.807, 2.05) is 45.0 Å². The summed E-state index contributed by atoms with van der Waals surface area (Å²) >= 11 is 1.51. The molecule has 1 aliphatic rings. The maximum Gasteiger partial charge on any atom is 0.411 e. The number of carbonyl (C=O) groups is 1. The highest BCUT2D eigenvalue weighted by molar-refractivity contribution is 7.97. The molecule has 0 saturated heterocycles. The van der Waals surface area contributed by atoms with Crippen LogP contribution in [0.25, 0.3) is 0 Å². The van der Waals surface area contributed by atoms with Crippen molar-refractivity contribution in [1.82, 2.24) is 10.0 Å². The van der Waals surface area contributed by atoms with E-state index in [-0.39, 0.29) is 5.41 Å². The molecule has 1 aliphatic carbocycles. The number of hydrogen-bond donors (Lipinski definition) is 2. The van der Waals surface area contributed by atoms with Gasteiger partial charge in [0.2, 0.25) is 0 Å². The molecule has 144 valence electrons. The summed E-state index contributed by atoms with van der Waals surface area (Å²) in [5.41, 5.74) is 0.455. The van der Waals surface area contributed by atoms with Gasteiger partial charge in [0.05, 0.1) is 12.0 Å². The molecule has 1 aromatic carbocycles. The number of nitrogens with one attached hydrogen (secondary N) is 2. The van der Waals surface area contributed by atoms with Gasteiger partial charge in [-0.15, -0.1) is 0 Å². The fraction of sp³-hybridized carbons (Fsp3) is 0.526. The number of benzene rings is 1. The van der Waals surface area contributed by atoms with Crippen molar-refractivity contribution in [2.24, 2.45) is 5.41 Å². The summed E-state index contributed by atoms with van der Waals surface area (Å²) < 4.78 is 8.68. The molecule has 0 aliphatic heterocycles. The monoisotopic (exact) mass is 380 g/mol. The molecule has 0 heterocycles. The predicted octanol–water partition coefficient (Wildman–Crippen LogP) is 4.43. The summed E-state index contributed by atoms with van der Waals surface area (Å²) in [4.78, 5) is 22.7. The number of carbonyl (C=O) groups excluding carboxylic acids is 1. The highest BCUT2D eigenvalue weighted by Crippen LogP contribution is 2.41. The number of alkyl carbamates (subject to hydrolysis) is 1. The summed E-state index contributed by atoms with van der Waals surface area (Å²) in [5, 5.41) is 2.82. The smallest absolute Gasteiger partial charge is 0.411 e. The van der Waals surface area contributed by atoms with E-state index in [2.05, 4.69) is 23.0 Å². The molecular weight excluding hydrogens is 352 g/mol. The second kappa shape index (κ2) is 8.79. The van der Waals surface area contributed by atoms with Gasteiger partial charge < -0.3 is 9.62 Å². The van der Waals surface area contributed by atoms with Crippen LogP contribution in [0.1, 0.15) is 40.5 Å². The van der Waals surface area contributed by atoms with E-state index < -0.39 is 11.7 Å². The Balaban J connectivity index is 1.85. The highest BCUT2D eigenvalue weighted by atomic mass is 32.2. The van der Waals surface area contributed by atoms with Gasteiger partial charge >= 0.3 is 6.09 Å². The lowest BCUT2D eigenvalue weighted by molar-refractivity contribution is -0.180. The maximum atomic E-state index is 11.8. The van der Waals surface area contributed by atoms with Gasteiger partial charge in [0.15, 0.2) is 5.75 Å². The zero-order chi connectivity index (χ0) is 19.2. The summed E-state index contributed by atoms with van der Waals surface area (Å²) in [6.07, 6.45) is 3.51. The van der Waals surface area contributed by atoms with Crippen LogP contribution in [0.3, 0.4) is 0 Å². The minimum absolute atomic E-state index is 0.0361. The van der Waals surface area contributed by atoms with Gasteiger partial charge in [-0.2, -0.15) is 4.89 Å². The van der Waals surface area contributed by atoms with Gasteiger partial charge in [0.1, 0.15) is 5.60 Å². The third-order valence-electron chi connectivity index (χ3n) is 4.02. The topological polar surface area (TPSA) is 68.8 Å². The van der Waals surface area contributed by atoms with Crippen molar-refractivity contribution in [3.63, 3.8) is 0 Å². The molecule has 0 radical (unpaired) electrons. The minimum atomic E-state index is -0.494. The van der Waals surface area contributed by atoms with Crippen LogP contribution >= 0.6 is 11.9 Å². The molecule has 0 saturated carbocycles. The first-order valence-corrected chi connectivity index (χ1v) is 9.50. The zero-order valence-electron chi connectivity index (χ0n) is 16.0. The van der Waals surface area contributed by atoms with Crippen LogP contribution < -0.4 is 14.9 Å². The van der Waals surface area contributed by atoms with Crippen LogP contribution in [0, 0.1) is 5.41 Å². The summed E-state index contributed by atoms with van der Waals surface area (Å²) in [6.45, 7) is 8.49. The lowest BCUT2D eigenvalue weighted by Gasteiger charge is -2.39. The highest BCUT2D eigenvalue weighted by Gasteiger charge is 2.36. The lowest BCUT2D eigenvalue weighted by atomic mass is 9.72.